The average Bonchev–Trinajstić information content (AvgIpc) is 3.01. The molecule has 0 aliphatic carbocycles. The second kappa shape index (κ2) is 9.47. The maximum Gasteiger partial charge on any atom is 0.272 e. The molecule has 8 nitrogen and oxygen atoms in total. The average molecular weight is 435 g/mol. The first kappa shape index (κ1) is 22.7. The first-order valence-electron chi connectivity index (χ1n) is 9.98. The monoisotopic (exact) mass is 435 g/mol. The Morgan fingerprint density at radius 2 is 1.94 bits per heavy atom. The van der Waals surface area contributed by atoms with E-state index >= 15 is 0 Å². The predicted molar refractivity (Wildman–Crippen MR) is 121 cm³/mol. The lowest BCUT2D eigenvalue weighted by Crippen LogP contribution is -2.01. The van der Waals surface area contributed by atoms with Crippen LogP contribution in [0.2, 0.25) is 0 Å². The van der Waals surface area contributed by atoms with Gasteiger partial charge in [0, 0.05) is 29.9 Å². The van der Waals surface area contributed by atoms with E-state index in [4.69, 9.17) is 9.47 Å². The van der Waals surface area contributed by atoms with Gasteiger partial charge in [0.25, 0.3) is 5.69 Å². The second-order valence-electron chi connectivity index (χ2n) is 7.43. The van der Waals surface area contributed by atoms with E-state index in [-0.39, 0.29) is 18.1 Å². The van der Waals surface area contributed by atoms with Crippen LogP contribution in [0, 0.1) is 30.9 Å². The van der Waals surface area contributed by atoms with Gasteiger partial charge in [-0.05, 0) is 56.7 Å². The molecule has 8 heteroatoms. The van der Waals surface area contributed by atoms with E-state index in [9.17, 15) is 14.9 Å². The van der Waals surface area contributed by atoms with Gasteiger partial charge in [-0.2, -0.15) is 5.10 Å². The third-order valence-corrected chi connectivity index (χ3v) is 5.25. The van der Waals surface area contributed by atoms with E-state index < -0.39 is 4.92 Å². The molecule has 166 valence electrons. The molecule has 0 unspecified atom stereocenters. The van der Waals surface area contributed by atoms with Crippen LogP contribution in [-0.2, 0) is 13.7 Å². The number of benzene rings is 2. The van der Waals surface area contributed by atoms with Crippen molar-refractivity contribution >= 4 is 17.5 Å². The van der Waals surface area contributed by atoms with Gasteiger partial charge in [-0.15, -0.1) is 0 Å². The van der Waals surface area contributed by atoms with Gasteiger partial charge in [-0.3, -0.25) is 19.6 Å². The summed E-state index contributed by atoms with van der Waals surface area (Å²) in [4.78, 5) is 23.2. The zero-order valence-electron chi connectivity index (χ0n) is 18.7. The first-order chi connectivity index (χ1) is 15.2. The molecule has 0 aliphatic rings. The summed E-state index contributed by atoms with van der Waals surface area (Å²) in [5, 5.41) is 15.3. The number of carbonyl (C=O) groups is 1. The molecule has 0 bridgehead atoms. The van der Waals surface area contributed by atoms with Gasteiger partial charge < -0.3 is 9.47 Å². The van der Waals surface area contributed by atoms with E-state index in [1.807, 2.05) is 39.1 Å². The predicted octanol–water partition coefficient (Wildman–Crippen LogP) is 4.74. The SMILES string of the molecule is COc1ccc(/C=C/C(=O)c2c(C)nn(C)c2C)cc1COc1ccc([N+](=O)[O-])c(C)c1. The molecule has 0 saturated carbocycles. The van der Waals surface area contributed by atoms with Crippen molar-refractivity contribution in [3.8, 4) is 11.5 Å². The normalized spacial score (nSPS) is 11.0. The molecule has 0 amide bonds. The Labute approximate surface area is 186 Å². The Bertz CT molecular complexity index is 1210. The maximum absolute atomic E-state index is 12.7. The number of allylic oxidation sites excluding steroid dienone is 1. The van der Waals surface area contributed by atoms with Crippen LogP contribution in [-0.4, -0.2) is 27.6 Å². The van der Waals surface area contributed by atoms with Crippen molar-refractivity contribution in [2.75, 3.05) is 7.11 Å². The number of nitro groups is 1. The third kappa shape index (κ3) is 4.85. The van der Waals surface area contributed by atoms with Crippen molar-refractivity contribution in [3.63, 3.8) is 0 Å². The second-order valence-corrected chi connectivity index (χ2v) is 7.43. The van der Waals surface area contributed by atoms with Crippen molar-refractivity contribution in [1.29, 1.82) is 0 Å². The molecule has 0 fully saturated rings. The molecule has 1 heterocycles. The highest BCUT2D eigenvalue weighted by molar-refractivity contribution is 6.08. The van der Waals surface area contributed by atoms with Crippen molar-refractivity contribution in [3.05, 3.63) is 86.2 Å². The molecular weight excluding hydrogens is 410 g/mol. The highest BCUT2D eigenvalue weighted by atomic mass is 16.6. The molecular formula is C24H25N3O5. The number of aryl methyl sites for hydroxylation is 3. The van der Waals surface area contributed by atoms with E-state index in [0.717, 1.165) is 16.8 Å². The molecule has 3 aromatic rings. The molecule has 0 spiro atoms. The Hall–Kier alpha value is -3.94. The minimum Gasteiger partial charge on any atom is -0.496 e. The fourth-order valence-electron chi connectivity index (χ4n) is 3.48. The number of ketones is 1. The number of hydrogen-bond acceptors (Lipinski definition) is 6. The summed E-state index contributed by atoms with van der Waals surface area (Å²) < 4.78 is 12.9. The van der Waals surface area contributed by atoms with Crippen molar-refractivity contribution in [2.45, 2.75) is 27.4 Å². The largest absolute Gasteiger partial charge is 0.496 e. The standard InChI is InChI=1S/C24H25N3O5/c1-15-12-20(8-9-21(15)27(29)30)32-14-19-13-18(7-11-23(19)31-5)6-10-22(28)24-16(2)25-26(4)17(24)3/h6-13H,14H2,1-5H3/b10-6+. The van der Waals surface area contributed by atoms with Crippen LogP contribution in [0.4, 0.5) is 5.69 Å². The number of nitro benzene ring substituents is 1. The van der Waals surface area contributed by atoms with Crippen LogP contribution in [0.3, 0.4) is 0 Å². The number of rotatable bonds is 8. The molecule has 32 heavy (non-hydrogen) atoms. The Morgan fingerprint density at radius 3 is 2.53 bits per heavy atom. The minimum atomic E-state index is -0.423. The van der Waals surface area contributed by atoms with Crippen molar-refractivity contribution in [2.24, 2.45) is 7.05 Å². The van der Waals surface area contributed by atoms with Crippen LogP contribution in [0.15, 0.2) is 42.5 Å². The summed E-state index contributed by atoms with van der Waals surface area (Å²) in [6.45, 7) is 5.55. The summed E-state index contributed by atoms with van der Waals surface area (Å²) in [5.41, 5.74) is 4.29. The fourth-order valence-corrected chi connectivity index (χ4v) is 3.48. The molecule has 0 atom stereocenters. The third-order valence-electron chi connectivity index (χ3n) is 5.25. The minimum absolute atomic E-state index is 0.0471. The lowest BCUT2D eigenvalue weighted by atomic mass is 10.1. The number of carbonyl (C=O) groups excluding carboxylic acids is 1. The summed E-state index contributed by atoms with van der Waals surface area (Å²) in [6, 6.07) is 10.2. The molecule has 2 aromatic carbocycles. The van der Waals surface area contributed by atoms with Crippen molar-refractivity contribution < 1.29 is 19.2 Å². The topological polar surface area (TPSA) is 96.5 Å². The van der Waals surface area contributed by atoms with Gasteiger partial charge >= 0.3 is 0 Å². The van der Waals surface area contributed by atoms with Gasteiger partial charge in [-0.25, -0.2) is 0 Å². The summed E-state index contributed by atoms with van der Waals surface area (Å²) >= 11 is 0. The smallest absolute Gasteiger partial charge is 0.272 e. The molecule has 0 radical (unpaired) electrons. The number of ether oxygens (including phenoxy) is 2. The lowest BCUT2D eigenvalue weighted by Gasteiger charge is -2.12. The Balaban J connectivity index is 1.78. The first-order valence-corrected chi connectivity index (χ1v) is 9.98. The molecule has 3 rings (SSSR count). The van der Waals surface area contributed by atoms with Gasteiger partial charge in [0.2, 0.25) is 0 Å². The van der Waals surface area contributed by atoms with Gasteiger partial charge in [0.05, 0.1) is 23.3 Å². The Kier molecular flexibility index (Phi) is 6.73. The highest BCUT2D eigenvalue weighted by Gasteiger charge is 2.15. The van der Waals surface area contributed by atoms with Gasteiger partial charge in [0.1, 0.15) is 18.1 Å². The van der Waals surface area contributed by atoms with Crippen LogP contribution in [0.5, 0.6) is 11.5 Å². The maximum atomic E-state index is 12.7. The van der Waals surface area contributed by atoms with Crippen molar-refractivity contribution in [1.82, 2.24) is 9.78 Å². The van der Waals surface area contributed by atoms with Gasteiger partial charge in [0.15, 0.2) is 5.78 Å². The highest BCUT2D eigenvalue weighted by Crippen LogP contribution is 2.26. The number of nitrogens with zero attached hydrogens (tertiary/aromatic N) is 3. The van der Waals surface area contributed by atoms with Crippen LogP contribution in [0.25, 0.3) is 6.08 Å². The number of aromatic nitrogens is 2. The molecule has 0 saturated heterocycles. The summed E-state index contributed by atoms with van der Waals surface area (Å²) in [5.74, 6) is 1.06. The van der Waals surface area contributed by atoms with Crippen LogP contribution >= 0.6 is 0 Å². The quantitative estimate of drug-likeness (QED) is 0.219. The van der Waals surface area contributed by atoms with E-state index in [2.05, 4.69) is 5.10 Å². The van der Waals surface area contributed by atoms with Gasteiger partial charge in [-0.1, -0.05) is 12.1 Å². The number of hydrogen-bond donors (Lipinski definition) is 0. The zero-order chi connectivity index (χ0) is 23.4. The molecule has 0 N–H and O–H groups in total. The summed E-state index contributed by atoms with van der Waals surface area (Å²) in [7, 11) is 3.38. The Morgan fingerprint density at radius 1 is 1.19 bits per heavy atom. The van der Waals surface area contributed by atoms with Crippen LogP contribution < -0.4 is 9.47 Å². The fraction of sp³-hybridized carbons (Fsp3) is 0.250. The van der Waals surface area contributed by atoms with E-state index in [1.165, 1.54) is 12.1 Å². The van der Waals surface area contributed by atoms with Crippen LogP contribution in [0.1, 0.15) is 38.4 Å². The number of methoxy groups -OCH3 is 1. The van der Waals surface area contributed by atoms with E-state index in [0.29, 0.717) is 28.3 Å². The lowest BCUT2D eigenvalue weighted by molar-refractivity contribution is -0.385. The summed E-state index contributed by atoms with van der Waals surface area (Å²) in [6.07, 6.45) is 3.27. The zero-order valence-corrected chi connectivity index (χ0v) is 18.7. The molecule has 0 aliphatic heterocycles. The molecule has 1 aromatic heterocycles. The van der Waals surface area contributed by atoms with E-state index in [1.54, 1.807) is 36.9 Å².